The highest BCUT2D eigenvalue weighted by Gasteiger charge is 2.34. The number of nitrogens with one attached hydrogen (secondary N) is 1. The molecule has 0 saturated carbocycles. The van der Waals surface area contributed by atoms with Crippen LogP contribution in [0.3, 0.4) is 0 Å². The number of pyridine rings is 1. The quantitative estimate of drug-likeness (QED) is 0.379. The van der Waals surface area contributed by atoms with Crippen LogP contribution in [-0.2, 0) is 11.8 Å². The number of aliphatic imine (C=N–C) groups is 1. The van der Waals surface area contributed by atoms with Crippen molar-refractivity contribution in [3.05, 3.63) is 82.2 Å². The van der Waals surface area contributed by atoms with Crippen molar-refractivity contribution in [2.24, 2.45) is 12.0 Å². The van der Waals surface area contributed by atoms with E-state index in [4.69, 9.17) is 0 Å². The highest BCUT2D eigenvalue weighted by Crippen LogP contribution is 2.29. The van der Waals surface area contributed by atoms with Crippen LogP contribution in [0.25, 0.3) is 6.08 Å². The molecule has 3 heterocycles. The molecular formula is C20H16N5O4S+. The minimum absolute atomic E-state index is 0.0912. The van der Waals surface area contributed by atoms with Gasteiger partial charge >= 0.3 is 11.3 Å². The van der Waals surface area contributed by atoms with Gasteiger partial charge in [-0.2, -0.15) is 0 Å². The largest absolute Gasteiger partial charge is 0.438 e. The van der Waals surface area contributed by atoms with Gasteiger partial charge in [0.2, 0.25) is 5.78 Å². The van der Waals surface area contributed by atoms with Crippen LogP contribution in [0.1, 0.15) is 16.1 Å². The molecule has 1 aliphatic heterocycles. The first-order valence-corrected chi connectivity index (χ1v) is 9.86. The van der Waals surface area contributed by atoms with Gasteiger partial charge in [-0.1, -0.05) is 40.7 Å². The van der Waals surface area contributed by atoms with Crippen molar-refractivity contribution >= 4 is 40.4 Å². The molecule has 1 aliphatic rings. The number of thioether (sulfide) groups is 1. The summed E-state index contributed by atoms with van der Waals surface area (Å²) in [6.07, 6.45) is 4.91. The topological polar surface area (TPSA) is 113 Å². The van der Waals surface area contributed by atoms with E-state index in [0.29, 0.717) is 10.9 Å². The maximum atomic E-state index is 13.1. The van der Waals surface area contributed by atoms with Gasteiger partial charge in [0.25, 0.3) is 5.91 Å². The highest BCUT2D eigenvalue weighted by atomic mass is 32.2. The van der Waals surface area contributed by atoms with Gasteiger partial charge < -0.3 is 0 Å². The number of H-pyrrole nitrogens is 1. The van der Waals surface area contributed by atoms with Gasteiger partial charge in [-0.3, -0.25) is 24.0 Å². The molecule has 0 bridgehead atoms. The number of aryl methyl sites for hydroxylation is 1. The molecule has 10 heteroatoms. The zero-order valence-corrected chi connectivity index (χ0v) is 16.6. The maximum absolute atomic E-state index is 13.1. The number of hydrogen-bond acceptors (Lipinski definition) is 7. The molecule has 0 unspecified atom stereocenters. The van der Waals surface area contributed by atoms with Gasteiger partial charge in [0, 0.05) is 12.4 Å². The molecule has 0 spiro atoms. The number of carbonyl (C=O) groups is 2. The van der Waals surface area contributed by atoms with Crippen LogP contribution in [0.15, 0.2) is 74.9 Å². The van der Waals surface area contributed by atoms with E-state index in [2.05, 4.69) is 19.8 Å². The monoisotopic (exact) mass is 422 g/mol. The van der Waals surface area contributed by atoms with E-state index >= 15 is 0 Å². The van der Waals surface area contributed by atoms with Crippen LogP contribution < -0.4 is 15.2 Å². The van der Waals surface area contributed by atoms with Gasteiger partial charge in [0.05, 0.1) is 11.4 Å². The molecule has 0 saturated heterocycles. The van der Waals surface area contributed by atoms with Crippen molar-refractivity contribution in [1.82, 2.24) is 10.3 Å². The lowest BCUT2D eigenvalue weighted by Crippen LogP contribution is -2.40. The first-order valence-electron chi connectivity index (χ1n) is 8.88. The molecule has 0 aliphatic carbocycles. The van der Waals surface area contributed by atoms with E-state index in [1.54, 1.807) is 36.7 Å². The van der Waals surface area contributed by atoms with E-state index in [1.165, 1.54) is 16.6 Å². The molecule has 2 aromatic heterocycles. The van der Waals surface area contributed by atoms with E-state index in [9.17, 15) is 14.4 Å². The lowest BCUT2D eigenvalue weighted by atomic mass is 10.2. The zero-order chi connectivity index (χ0) is 21.1. The van der Waals surface area contributed by atoms with Gasteiger partial charge in [0.15, 0.2) is 12.2 Å². The maximum Gasteiger partial charge on any atom is 0.438 e. The number of carbonyl (C=O) groups excluding carboxylic acids is 2. The summed E-state index contributed by atoms with van der Waals surface area (Å²) in [5, 5.41) is 2.66. The number of rotatable bonds is 5. The van der Waals surface area contributed by atoms with E-state index in [1.807, 2.05) is 24.3 Å². The SMILES string of the molecule is C[n+]1[nH]oc(=O)c1C(=O)CSC1=N/C(=C/c2cccnc2)C(=O)N1c1ccccc1. The van der Waals surface area contributed by atoms with Crippen molar-refractivity contribution in [3.63, 3.8) is 0 Å². The summed E-state index contributed by atoms with van der Waals surface area (Å²) in [6.45, 7) is 0. The number of anilines is 1. The molecule has 1 aromatic carbocycles. The Kier molecular flexibility index (Phi) is 5.40. The molecule has 0 fully saturated rings. The highest BCUT2D eigenvalue weighted by molar-refractivity contribution is 8.14. The zero-order valence-electron chi connectivity index (χ0n) is 15.8. The molecule has 9 nitrogen and oxygen atoms in total. The minimum Gasteiger partial charge on any atom is -0.286 e. The van der Waals surface area contributed by atoms with Crippen molar-refractivity contribution in [2.75, 3.05) is 10.7 Å². The summed E-state index contributed by atoms with van der Waals surface area (Å²) in [5.41, 5.74) is 0.738. The number of para-hydroxylation sites is 1. The summed E-state index contributed by atoms with van der Waals surface area (Å²) < 4.78 is 5.84. The number of amides is 1. The van der Waals surface area contributed by atoms with Crippen molar-refractivity contribution in [1.29, 1.82) is 0 Å². The number of Topliss-reactive ketones (excluding diaryl/α,β-unsaturated/α-hetero) is 1. The van der Waals surface area contributed by atoms with Crippen molar-refractivity contribution < 1.29 is 18.8 Å². The third-order valence-corrected chi connectivity index (χ3v) is 5.17. The van der Waals surface area contributed by atoms with Crippen molar-refractivity contribution in [3.8, 4) is 0 Å². The van der Waals surface area contributed by atoms with Crippen LogP contribution in [0, 0.1) is 0 Å². The molecule has 1 amide bonds. The molecule has 0 radical (unpaired) electrons. The summed E-state index contributed by atoms with van der Waals surface area (Å²) >= 11 is 1.07. The molecule has 4 rings (SSSR count). The van der Waals surface area contributed by atoms with Crippen LogP contribution >= 0.6 is 11.8 Å². The number of amidine groups is 1. The van der Waals surface area contributed by atoms with Crippen LogP contribution in [-0.4, -0.2) is 32.9 Å². The molecule has 30 heavy (non-hydrogen) atoms. The second kappa shape index (κ2) is 8.29. The van der Waals surface area contributed by atoms with Crippen LogP contribution in [0.4, 0.5) is 5.69 Å². The van der Waals surface area contributed by atoms with E-state index in [0.717, 1.165) is 17.3 Å². The van der Waals surface area contributed by atoms with E-state index in [-0.39, 0.29) is 23.1 Å². The summed E-state index contributed by atoms with van der Waals surface area (Å²) in [4.78, 5) is 47.2. The lowest BCUT2D eigenvalue weighted by Gasteiger charge is -2.17. The van der Waals surface area contributed by atoms with Gasteiger partial charge in [-0.05, 0) is 35.1 Å². The average molecular weight is 422 g/mol. The van der Waals surface area contributed by atoms with Crippen LogP contribution in [0.5, 0.6) is 0 Å². The predicted octanol–water partition coefficient (Wildman–Crippen LogP) is 1.55. The Morgan fingerprint density at radius 1 is 1.23 bits per heavy atom. The Hall–Kier alpha value is -3.79. The molecular weight excluding hydrogens is 406 g/mol. The second-order valence-electron chi connectivity index (χ2n) is 6.29. The third kappa shape index (κ3) is 3.85. The fourth-order valence-electron chi connectivity index (χ4n) is 2.86. The number of aromatic amines is 1. The Balaban J connectivity index is 1.64. The first-order chi connectivity index (χ1) is 14.5. The number of hydrogen-bond donors (Lipinski definition) is 1. The summed E-state index contributed by atoms with van der Waals surface area (Å²) in [5.74, 6) is -0.844. The number of benzene rings is 1. The Morgan fingerprint density at radius 3 is 2.70 bits per heavy atom. The normalized spacial score (nSPS) is 15.0. The average Bonchev–Trinajstić information content (AvgIpc) is 3.26. The Bertz CT molecular complexity index is 1210. The molecule has 150 valence electrons. The molecule has 3 aromatic rings. The van der Waals surface area contributed by atoms with Gasteiger partial charge in [-0.15, -0.1) is 0 Å². The van der Waals surface area contributed by atoms with Crippen molar-refractivity contribution in [2.45, 2.75) is 0 Å². The second-order valence-corrected chi connectivity index (χ2v) is 7.23. The first kappa shape index (κ1) is 19.5. The Labute approximate surface area is 174 Å². The summed E-state index contributed by atoms with van der Waals surface area (Å²) in [6, 6.07) is 12.6. The van der Waals surface area contributed by atoms with E-state index < -0.39 is 11.4 Å². The number of aromatic nitrogens is 3. The molecule has 0 atom stereocenters. The third-order valence-electron chi connectivity index (χ3n) is 4.23. The fraction of sp³-hybridized carbons (Fsp3) is 0.100. The lowest BCUT2D eigenvalue weighted by molar-refractivity contribution is -0.741. The van der Waals surface area contributed by atoms with Gasteiger partial charge in [-0.25, -0.2) is 9.79 Å². The number of ketones is 1. The van der Waals surface area contributed by atoms with Gasteiger partial charge in [0.1, 0.15) is 5.70 Å². The molecule has 1 N–H and O–H groups in total. The fourth-order valence-corrected chi connectivity index (χ4v) is 3.73. The Morgan fingerprint density at radius 2 is 2.03 bits per heavy atom. The summed E-state index contributed by atoms with van der Waals surface area (Å²) in [7, 11) is 1.50. The standard InChI is InChI=1S/C20H15N5O4S/c1-24-17(19(28)29-23-24)16(26)12-30-20-22-15(10-13-6-5-9-21-11-13)18(27)25(20)14-7-3-2-4-8-14/h2-11H,12H2,1H3/p+1/b15-10+. The van der Waals surface area contributed by atoms with Crippen LogP contribution in [0.2, 0.25) is 0 Å². The number of nitrogens with zero attached hydrogens (tertiary/aromatic N) is 4. The predicted molar refractivity (Wildman–Crippen MR) is 111 cm³/mol. The minimum atomic E-state index is -0.746. The smallest absolute Gasteiger partial charge is 0.286 e.